The second kappa shape index (κ2) is 6.82. The summed E-state index contributed by atoms with van der Waals surface area (Å²) in [7, 11) is 0. The van der Waals surface area contributed by atoms with E-state index in [1.165, 1.54) is 0 Å². The Morgan fingerprint density at radius 1 is 1.36 bits per heavy atom. The van der Waals surface area contributed by atoms with E-state index in [1.807, 2.05) is 13.8 Å². The first-order valence-corrected chi connectivity index (χ1v) is 5.53. The fraction of sp³-hybridized carbons (Fsp3) is 0.909. The Morgan fingerprint density at radius 2 is 1.93 bits per heavy atom. The average Bonchev–Trinajstić information content (AvgIpc) is 2.16. The third kappa shape index (κ3) is 4.61. The van der Waals surface area contributed by atoms with Crippen LogP contribution in [0.3, 0.4) is 0 Å². The third-order valence-electron chi connectivity index (χ3n) is 2.76. The van der Waals surface area contributed by atoms with Gasteiger partial charge in [0.1, 0.15) is 0 Å². The Balaban J connectivity index is 3.92. The van der Waals surface area contributed by atoms with E-state index in [-0.39, 0.29) is 17.9 Å². The van der Waals surface area contributed by atoms with Crippen LogP contribution in [0.5, 0.6) is 0 Å². The van der Waals surface area contributed by atoms with E-state index < -0.39 is 0 Å². The van der Waals surface area contributed by atoms with Gasteiger partial charge in [-0.1, -0.05) is 27.2 Å². The largest absolute Gasteiger partial charge is 0.353 e. The molecule has 0 aromatic rings. The van der Waals surface area contributed by atoms with Crippen molar-refractivity contribution in [3.8, 4) is 0 Å². The molecule has 0 heterocycles. The lowest BCUT2D eigenvalue weighted by molar-refractivity contribution is -0.125. The lowest BCUT2D eigenvalue weighted by Gasteiger charge is -2.21. The molecule has 1 amide bonds. The number of carbonyl (C=O) groups excluding carboxylic acids is 1. The maximum atomic E-state index is 11.6. The van der Waals surface area contributed by atoms with Crippen molar-refractivity contribution in [3.63, 3.8) is 0 Å². The molecular weight excluding hydrogens is 176 g/mol. The van der Waals surface area contributed by atoms with Crippen molar-refractivity contribution in [1.29, 1.82) is 0 Å². The monoisotopic (exact) mass is 200 g/mol. The molecule has 3 N–H and O–H groups in total. The molecule has 0 aliphatic carbocycles. The van der Waals surface area contributed by atoms with Gasteiger partial charge in [0.15, 0.2) is 0 Å². The number of carbonyl (C=O) groups is 1. The van der Waals surface area contributed by atoms with Crippen molar-refractivity contribution in [2.24, 2.45) is 17.6 Å². The van der Waals surface area contributed by atoms with Gasteiger partial charge in [0.2, 0.25) is 5.91 Å². The Labute approximate surface area is 87.4 Å². The van der Waals surface area contributed by atoms with E-state index in [4.69, 9.17) is 5.73 Å². The van der Waals surface area contributed by atoms with Gasteiger partial charge < -0.3 is 11.1 Å². The molecule has 0 aromatic heterocycles. The van der Waals surface area contributed by atoms with Crippen molar-refractivity contribution < 1.29 is 4.79 Å². The van der Waals surface area contributed by atoms with Crippen molar-refractivity contribution in [2.45, 2.75) is 46.6 Å². The molecular formula is C11H24N2O. The maximum Gasteiger partial charge on any atom is 0.223 e. The van der Waals surface area contributed by atoms with Crippen LogP contribution in [-0.4, -0.2) is 18.5 Å². The molecule has 3 atom stereocenters. The van der Waals surface area contributed by atoms with Crippen molar-refractivity contribution in [3.05, 3.63) is 0 Å². The summed E-state index contributed by atoms with van der Waals surface area (Å²) >= 11 is 0. The van der Waals surface area contributed by atoms with Gasteiger partial charge >= 0.3 is 0 Å². The highest BCUT2D eigenvalue weighted by atomic mass is 16.1. The fourth-order valence-corrected chi connectivity index (χ4v) is 1.28. The van der Waals surface area contributed by atoms with E-state index in [9.17, 15) is 4.79 Å². The van der Waals surface area contributed by atoms with Crippen molar-refractivity contribution in [1.82, 2.24) is 5.32 Å². The summed E-state index contributed by atoms with van der Waals surface area (Å²) < 4.78 is 0. The number of amides is 1. The zero-order chi connectivity index (χ0) is 11.1. The topological polar surface area (TPSA) is 55.1 Å². The van der Waals surface area contributed by atoms with Crippen LogP contribution in [0.4, 0.5) is 0 Å². The van der Waals surface area contributed by atoms with Crippen LogP contribution in [0.15, 0.2) is 0 Å². The molecule has 0 saturated carbocycles. The van der Waals surface area contributed by atoms with Gasteiger partial charge in [-0.25, -0.2) is 0 Å². The van der Waals surface area contributed by atoms with Gasteiger partial charge in [0, 0.05) is 12.0 Å². The summed E-state index contributed by atoms with van der Waals surface area (Å²) in [6.45, 7) is 8.74. The first-order chi connectivity index (χ1) is 6.52. The van der Waals surface area contributed by atoms with E-state index in [0.717, 1.165) is 12.8 Å². The minimum atomic E-state index is 0.118. The Kier molecular flexibility index (Phi) is 6.54. The van der Waals surface area contributed by atoms with Crippen LogP contribution in [0.1, 0.15) is 40.5 Å². The van der Waals surface area contributed by atoms with Crippen molar-refractivity contribution >= 4 is 5.91 Å². The Hall–Kier alpha value is -0.570. The van der Waals surface area contributed by atoms with Crippen molar-refractivity contribution in [2.75, 3.05) is 6.54 Å². The Bertz CT molecular complexity index is 171. The van der Waals surface area contributed by atoms with Crippen LogP contribution < -0.4 is 11.1 Å². The summed E-state index contributed by atoms with van der Waals surface area (Å²) in [5.74, 6) is 0.611. The normalized spacial score (nSPS) is 17.2. The standard InChI is InChI=1S/C11H24N2O/c1-5-6-8(2)11(14)13-10(4)9(3)7-12/h8-10H,5-7,12H2,1-4H3,(H,13,14). The number of nitrogens with one attached hydrogen (secondary N) is 1. The zero-order valence-electron chi connectivity index (χ0n) is 9.84. The molecule has 3 unspecified atom stereocenters. The van der Waals surface area contributed by atoms with Crippen LogP contribution >= 0.6 is 0 Å². The van der Waals surface area contributed by atoms with Gasteiger partial charge in [-0.3, -0.25) is 4.79 Å². The summed E-state index contributed by atoms with van der Waals surface area (Å²) in [5, 5.41) is 3.00. The second-order valence-electron chi connectivity index (χ2n) is 4.20. The average molecular weight is 200 g/mol. The lowest BCUT2D eigenvalue weighted by atomic mass is 10.0. The van der Waals surface area contributed by atoms with E-state index >= 15 is 0 Å². The predicted octanol–water partition coefficient (Wildman–Crippen LogP) is 1.52. The predicted molar refractivity (Wildman–Crippen MR) is 59.9 cm³/mol. The molecule has 0 aliphatic heterocycles. The van der Waals surface area contributed by atoms with Crippen LogP contribution in [0.2, 0.25) is 0 Å². The molecule has 0 rings (SSSR count). The molecule has 0 spiro atoms. The molecule has 84 valence electrons. The van der Waals surface area contributed by atoms with Crippen LogP contribution in [-0.2, 0) is 4.79 Å². The molecule has 0 aromatic carbocycles. The second-order valence-corrected chi connectivity index (χ2v) is 4.20. The van der Waals surface area contributed by atoms with Crippen LogP contribution in [0.25, 0.3) is 0 Å². The maximum absolute atomic E-state index is 11.6. The number of hydrogen-bond donors (Lipinski definition) is 2. The highest BCUT2D eigenvalue weighted by Crippen LogP contribution is 2.07. The van der Waals surface area contributed by atoms with E-state index in [2.05, 4.69) is 19.2 Å². The highest BCUT2D eigenvalue weighted by Gasteiger charge is 2.17. The SMILES string of the molecule is CCCC(C)C(=O)NC(C)C(C)CN. The van der Waals surface area contributed by atoms with E-state index in [1.54, 1.807) is 0 Å². The Morgan fingerprint density at radius 3 is 2.36 bits per heavy atom. The van der Waals surface area contributed by atoms with E-state index in [0.29, 0.717) is 12.5 Å². The minimum Gasteiger partial charge on any atom is -0.353 e. The van der Waals surface area contributed by atoms with Gasteiger partial charge in [-0.05, 0) is 25.8 Å². The summed E-state index contributed by atoms with van der Waals surface area (Å²) in [6.07, 6.45) is 2.00. The van der Waals surface area contributed by atoms with Gasteiger partial charge in [-0.15, -0.1) is 0 Å². The van der Waals surface area contributed by atoms with Gasteiger partial charge in [0.25, 0.3) is 0 Å². The molecule has 0 aliphatic rings. The zero-order valence-corrected chi connectivity index (χ0v) is 9.84. The van der Waals surface area contributed by atoms with Gasteiger partial charge in [0.05, 0.1) is 0 Å². The molecule has 0 bridgehead atoms. The number of rotatable bonds is 6. The first kappa shape index (κ1) is 13.4. The number of nitrogens with two attached hydrogens (primary N) is 1. The third-order valence-corrected chi connectivity index (χ3v) is 2.76. The summed E-state index contributed by atoms with van der Waals surface area (Å²) in [6, 6.07) is 0.173. The minimum absolute atomic E-state index is 0.118. The molecule has 14 heavy (non-hydrogen) atoms. The molecule has 3 heteroatoms. The molecule has 3 nitrogen and oxygen atoms in total. The summed E-state index contributed by atoms with van der Waals surface area (Å²) in [5.41, 5.74) is 5.53. The highest BCUT2D eigenvalue weighted by molar-refractivity contribution is 5.78. The molecule has 0 radical (unpaired) electrons. The number of hydrogen-bond acceptors (Lipinski definition) is 2. The molecule has 0 fully saturated rings. The first-order valence-electron chi connectivity index (χ1n) is 5.53. The van der Waals surface area contributed by atoms with Crippen LogP contribution in [0, 0.1) is 11.8 Å². The molecule has 0 saturated heterocycles. The lowest BCUT2D eigenvalue weighted by Crippen LogP contribution is -2.42. The van der Waals surface area contributed by atoms with Gasteiger partial charge in [-0.2, -0.15) is 0 Å². The quantitative estimate of drug-likeness (QED) is 0.683. The smallest absolute Gasteiger partial charge is 0.223 e. The summed E-state index contributed by atoms with van der Waals surface area (Å²) in [4.78, 5) is 11.6. The fourth-order valence-electron chi connectivity index (χ4n) is 1.28.